The van der Waals surface area contributed by atoms with Crippen molar-refractivity contribution >= 4 is 11.6 Å². The molecule has 1 atom stereocenters. The molecule has 2 aromatic carbocycles. The van der Waals surface area contributed by atoms with Crippen LogP contribution >= 0.6 is 0 Å². The molecule has 3 aromatic rings. The molecule has 1 amide bonds. The molecule has 1 aromatic heterocycles. The number of para-hydroxylation sites is 2. The van der Waals surface area contributed by atoms with E-state index in [0.29, 0.717) is 23.6 Å². The largest absolute Gasteiger partial charge is 0.495 e. The summed E-state index contributed by atoms with van der Waals surface area (Å²) in [7, 11) is 1.54. The fraction of sp³-hybridized carbons (Fsp3) is 0.190. The van der Waals surface area contributed by atoms with Crippen LogP contribution in [-0.4, -0.2) is 22.8 Å². The Morgan fingerprint density at radius 1 is 1.07 bits per heavy atom. The van der Waals surface area contributed by atoms with Gasteiger partial charge in [-0.2, -0.15) is 5.10 Å². The van der Waals surface area contributed by atoms with Gasteiger partial charge < -0.3 is 10.1 Å². The van der Waals surface area contributed by atoms with Crippen LogP contribution in [-0.2, 0) is 4.79 Å². The third-order valence-corrected chi connectivity index (χ3v) is 4.24. The average molecular weight is 363 g/mol. The first-order chi connectivity index (χ1) is 13.1. The number of rotatable bonds is 6. The lowest BCUT2D eigenvalue weighted by Gasteiger charge is -2.18. The first kappa shape index (κ1) is 18.4. The minimum absolute atomic E-state index is 0.318. The predicted molar refractivity (Wildman–Crippen MR) is 105 cm³/mol. The fourth-order valence-corrected chi connectivity index (χ4v) is 2.84. The van der Waals surface area contributed by atoms with Crippen molar-refractivity contribution in [3.8, 4) is 17.0 Å². The van der Waals surface area contributed by atoms with Crippen molar-refractivity contribution in [2.24, 2.45) is 0 Å². The molecule has 6 heteroatoms. The summed E-state index contributed by atoms with van der Waals surface area (Å²) < 4.78 is 6.51. The van der Waals surface area contributed by atoms with Crippen LogP contribution in [0.25, 0.3) is 11.3 Å². The number of hydrogen-bond donors (Lipinski definition) is 1. The van der Waals surface area contributed by atoms with E-state index in [4.69, 9.17) is 4.74 Å². The number of nitrogens with zero attached hydrogens (tertiary/aromatic N) is 2. The van der Waals surface area contributed by atoms with Gasteiger partial charge >= 0.3 is 0 Å². The van der Waals surface area contributed by atoms with Crippen molar-refractivity contribution in [3.05, 3.63) is 77.1 Å². The molecule has 0 bridgehead atoms. The van der Waals surface area contributed by atoms with Crippen molar-refractivity contribution in [2.75, 3.05) is 12.4 Å². The van der Waals surface area contributed by atoms with Crippen LogP contribution in [0.3, 0.4) is 0 Å². The zero-order chi connectivity index (χ0) is 19.2. The number of aromatic nitrogens is 2. The van der Waals surface area contributed by atoms with Crippen LogP contribution in [0.2, 0.25) is 0 Å². The molecular formula is C21H21N3O3. The Morgan fingerprint density at radius 2 is 1.78 bits per heavy atom. The van der Waals surface area contributed by atoms with E-state index in [1.807, 2.05) is 43.3 Å². The molecule has 3 rings (SSSR count). The molecule has 6 nitrogen and oxygen atoms in total. The maximum atomic E-state index is 12.8. The van der Waals surface area contributed by atoms with E-state index in [1.54, 1.807) is 24.3 Å². The Bertz CT molecular complexity index is 983. The van der Waals surface area contributed by atoms with Crippen molar-refractivity contribution in [2.45, 2.75) is 19.4 Å². The average Bonchev–Trinajstić information content (AvgIpc) is 2.71. The van der Waals surface area contributed by atoms with E-state index in [1.165, 1.54) is 17.9 Å². The summed E-state index contributed by atoms with van der Waals surface area (Å²) in [5.74, 6) is 0.237. The predicted octanol–water partition coefficient (Wildman–Crippen LogP) is 3.51. The number of amides is 1. The highest BCUT2D eigenvalue weighted by molar-refractivity contribution is 5.95. The number of hydrogen-bond acceptors (Lipinski definition) is 4. The van der Waals surface area contributed by atoms with Gasteiger partial charge in [0, 0.05) is 11.6 Å². The standard InChI is InChI=1S/C21H21N3O3/c1-3-18(21(26)22-17-11-7-8-12-19(17)27-2)24-20(25)14-13-16(23-24)15-9-5-4-6-10-15/h4-14,18H,3H2,1-2H3,(H,22,26). The van der Waals surface area contributed by atoms with E-state index < -0.39 is 6.04 Å². The van der Waals surface area contributed by atoms with Crippen molar-refractivity contribution in [1.29, 1.82) is 0 Å². The second kappa shape index (κ2) is 8.31. The summed E-state index contributed by atoms with van der Waals surface area (Å²) >= 11 is 0. The van der Waals surface area contributed by atoms with Gasteiger partial charge in [-0.3, -0.25) is 9.59 Å². The Hall–Kier alpha value is -3.41. The molecule has 0 fully saturated rings. The van der Waals surface area contributed by atoms with Crippen LogP contribution in [0.5, 0.6) is 5.75 Å². The summed E-state index contributed by atoms with van der Waals surface area (Å²) in [6.07, 6.45) is 0.423. The summed E-state index contributed by atoms with van der Waals surface area (Å²) in [5.41, 5.74) is 1.75. The van der Waals surface area contributed by atoms with Gasteiger partial charge in [-0.1, -0.05) is 49.4 Å². The Labute approximate surface area is 157 Å². The Balaban J connectivity index is 1.93. The highest BCUT2D eigenvalue weighted by Crippen LogP contribution is 2.24. The number of ether oxygens (including phenoxy) is 1. The minimum atomic E-state index is -0.730. The number of carbonyl (C=O) groups is 1. The smallest absolute Gasteiger partial charge is 0.267 e. The normalized spacial score (nSPS) is 11.6. The van der Waals surface area contributed by atoms with Gasteiger partial charge in [0.1, 0.15) is 11.8 Å². The highest BCUT2D eigenvalue weighted by Gasteiger charge is 2.22. The van der Waals surface area contributed by atoms with E-state index in [0.717, 1.165) is 5.56 Å². The lowest BCUT2D eigenvalue weighted by Crippen LogP contribution is -2.34. The molecule has 0 aliphatic heterocycles. The van der Waals surface area contributed by atoms with E-state index >= 15 is 0 Å². The lowest BCUT2D eigenvalue weighted by atomic mass is 10.1. The second-order valence-corrected chi connectivity index (χ2v) is 5.98. The first-order valence-electron chi connectivity index (χ1n) is 8.73. The number of anilines is 1. The summed E-state index contributed by atoms with van der Waals surface area (Å²) in [5, 5.41) is 7.26. The molecule has 138 valence electrons. The van der Waals surface area contributed by atoms with Crippen LogP contribution in [0.4, 0.5) is 5.69 Å². The maximum Gasteiger partial charge on any atom is 0.267 e. The van der Waals surface area contributed by atoms with Gasteiger partial charge in [-0.05, 0) is 24.6 Å². The SMILES string of the molecule is CCC(C(=O)Nc1ccccc1OC)n1nc(-c2ccccc2)ccc1=O. The molecule has 0 aliphatic carbocycles. The Morgan fingerprint density at radius 3 is 2.48 bits per heavy atom. The highest BCUT2D eigenvalue weighted by atomic mass is 16.5. The van der Waals surface area contributed by atoms with Crippen LogP contribution in [0, 0.1) is 0 Å². The van der Waals surface area contributed by atoms with Gasteiger partial charge in [0.15, 0.2) is 0 Å². The number of nitrogens with one attached hydrogen (secondary N) is 1. The number of carbonyl (C=O) groups excluding carboxylic acids is 1. The van der Waals surface area contributed by atoms with Crippen molar-refractivity contribution in [1.82, 2.24) is 9.78 Å². The van der Waals surface area contributed by atoms with Gasteiger partial charge in [-0.15, -0.1) is 0 Å². The second-order valence-electron chi connectivity index (χ2n) is 5.98. The van der Waals surface area contributed by atoms with Crippen LogP contribution in [0.1, 0.15) is 19.4 Å². The van der Waals surface area contributed by atoms with Crippen molar-refractivity contribution in [3.63, 3.8) is 0 Å². The first-order valence-corrected chi connectivity index (χ1v) is 8.73. The molecule has 1 heterocycles. The molecular weight excluding hydrogens is 342 g/mol. The molecule has 0 saturated carbocycles. The third-order valence-electron chi connectivity index (χ3n) is 4.24. The van der Waals surface area contributed by atoms with Gasteiger partial charge in [0.05, 0.1) is 18.5 Å². The number of methoxy groups -OCH3 is 1. The molecule has 27 heavy (non-hydrogen) atoms. The summed E-state index contributed by atoms with van der Waals surface area (Å²) in [4.78, 5) is 25.2. The van der Waals surface area contributed by atoms with E-state index in [-0.39, 0.29) is 11.5 Å². The van der Waals surface area contributed by atoms with Crippen LogP contribution < -0.4 is 15.6 Å². The van der Waals surface area contributed by atoms with Gasteiger partial charge in [0.2, 0.25) is 5.91 Å². The molecule has 0 radical (unpaired) electrons. The fourth-order valence-electron chi connectivity index (χ4n) is 2.84. The summed E-state index contributed by atoms with van der Waals surface area (Å²) in [6, 6.07) is 19.0. The molecule has 1 N–H and O–H groups in total. The van der Waals surface area contributed by atoms with E-state index in [9.17, 15) is 9.59 Å². The molecule has 0 saturated heterocycles. The van der Waals surface area contributed by atoms with Gasteiger partial charge in [0.25, 0.3) is 5.56 Å². The van der Waals surface area contributed by atoms with Gasteiger partial charge in [-0.25, -0.2) is 4.68 Å². The summed E-state index contributed by atoms with van der Waals surface area (Å²) in [6.45, 7) is 1.84. The molecule has 1 unspecified atom stereocenters. The zero-order valence-corrected chi connectivity index (χ0v) is 15.3. The van der Waals surface area contributed by atoms with Crippen LogP contribution in [0.15, 0.2) is 71.5 Å². The van der Waals surface area contributed by atoms with E-state index in [2.05, 4.69) is 10.4 Å². The quantitative estimate of drug-likeness (QED) is 0.727. The molecule has 0 spiro atoms. The van der Waals surface area contributed by atoms with Crippen molar-refractivity contribution < 1.29 is 9.53 Å². The monoisotopic (exact) mass is 363 g/mol. The third kappa shape index (κ3) is 4.06. The molecule has 0 aliphatic rings. The minimum Gasteiger partial charge on any atom is -0.495 e. The number of benzene rings is 2. The topological polar surface area (TPSA) is 73.2 Å². The Kier molecular flexibility index (Phi) is 5.66. The lowest BCUT2D eigenvalue weighted by molar-refractivity contribution is -0.119. The maximum absolute atomic E-state index is 12.8. The zero-order valence-electron chi connectivity index (χ0n) is 15.3.